The Bertz CT molecular complexity index is 1080. The normalized spacial score (nSPS) is 18.8. The molecule has 2 amide bonds. The van der Waals surface area contributed by atoms with E-state index in [9.17, 15) is 9.59 Å². The van der Waals surface area contributed by atoms with Crippen molar-refractivity contribution in [2.24, 2.45) is 5.73 Å². The average molecular weight is 389 g/mol. The van der Waals surface area contributed by atoms with Gasteiger partial charge < -0.3 is 16.0 Å². The van der Waals surface area contributed by atoms with Gasteiger partial charge in [-0.25, -0.2) is 4.98 Å². The number of aryl methyl sites for hydroxylation is 1. The SMILES string of the molecule is CNC(=O)[C@@H]1C[C@@H](N)CN1C(=O)c1cc(-c2cccnc2)nc2ccc(C)cc12. The van der Waals surface area contributed by atoms with Gasteiger partial charge in [-0.2, -0.15) is 0 Å². The Hall–Kier alpha value is -3.32. The predicted octanol–water partition coefficient (Wildman–Crippen LogP) is 1.89. The fourth-order valence-electron chi connectivity index (χ4n) is 3.84. The van der Waals surface area contributed by atoms with E-state index in [1.54, 1.807) is 30.4 Å². The number of nitrogens with one attached hydrogen (secondary N) is 1. The average Bonchev–Trinajstić information content (AvgIpc) is 3.14. The molecule has 0 spiro atoms. The van der Waals surface area contributed by atoms with Crippen LogP contribution in [0.5, 0.6) is 0 Å². The van der Waals surface area contributed by atoms with Crippen LogP contribution in [0.1, 0.15) is 22.3 Å². The molecule has 1 fully saturated rings. The standard InChI is InChI=1S/C22H23N5O2/c1-13-5-6-18-16(8-13)17(10-19(26-18)14-4-3-7-25-11-14)22(29)27-12-15(23)9-20(27)21(28)24-2/h3-8,10-11,15,20H,9,12,23H2,1-2H3,(H,24,28)/t15-,20+/m1/s1. The van der Waals surface area contributed by atoms with Gasteiger partial charge in [0.1, 0.15) is 6.04 Å². The van der Waals surface area contributed by atoms with Crippen LogP contribution >= 0.6 is 0 Å². The van der Waals surface area contributed by atoms with Crippen LogP contribution in [0.25, 0.3) is 22.2 Å². The third kappa shape index (κ3) is 3.56. The highest BCUT2D eigenvalue weighted by Crippen LogP contribution is 2.28. The Morgan fingerprint density at radius 2 is 2.07 bits per heavy atom. The molecule has 3 N–H and O–H groups in total. The number of nitrogens with two attached hydrogens (primary N) is 1. The van der Waals surface area contributed by atoms with Crippen molar-refractivity contribution in [3.8, 4) is 11.3 Å². The van der Waals surface area contributed by atoms with E-state index in [2.05, 4.69) is 10.3 Å². The summed E-state index contributed by atoms with van der Waals surface area (Å²) < 4.78 is 0. The Balaban J connectivity index is 1.86. The van der Waals surface area contributed by atoms with Crippen molar-refractivity contribution in [2.75, 3.05) is 13.6 Å². The fourth-order valence-corrected chi connectivity index (χ4v) is 3.84. The number of carbonyl (C=O) groups excluding carboxylic acids is 2. The molecular weight excluding hydrogens is 366 g/mol. The fraction of sp³-hybridized carbons (Fsp3) is 0.273. The van der Waals surface area contributed by atoms with E-state index in [-0.39, 0.29) is 17.9 Å². The van der Waals surface area contributed by atoms with Crippen LogP contribution in [-0.2, 0) is 4.79 Å². The van der Waals surface area contributed by atoms with Crippen LogP contribution in [-0.4, -0.2) is 52.4 Å². The maximum absolute atomic E-state index is 13.6. The predicted molar refractivity (Wildman–Crippen MR) is 111 cm³/mol. The molecule has 1 saturated heterocycles. The minimum Gasteiger partial charge on any atom is -0.357 e. The van der Waals surface area contributed by atoms with Crippen LogP contribution in [0, 0.1) is 6.92 Å². The zero-order valence-corrected chi connectivity index (χ0v) is 16.4. The van der Waals surface area contributed by atoms with Crippen LogP contribution < -0.4 is 11.1 Å². The lowest BCUT2D eigenvalue weighted by Gasteiger charge is -2.24. The molecule has 0 unspecified atom stereocenters. The summed E-state index contributed by atoms with van der Waals surface area (Å²) in [5.74, 6) is -0.414. The van der Waals surface area contributed by atoms with E-state index >= 15 is 0 Å². The van der Waals surface area contributed by atoms with Crippen LogP contribution in [0.3, 0.4) is 0 Å². The molecule has 2 atom stereocenters. The topological polar surface area (TPSA) is 101 Å². The molecule has 7 nitrogen and oxygen atoms in total. The number of likely N-dealkylation sites (N-methyl/N-ethyl adjacent to an activating group) is 1. The summed E-state index contributed by atoms with van der Waals surface area (Å²) in [5, 5.41) is 3.40. The number of benzene rings is 1. The number of rotatable bonds is 3. The molecule has 0 saturated carbocycles. The second-order valence-electron chi connectivity index (χ2n) is 7.40. The lowest BCUT2D eigenvalue weighted by Crippen LogP contribution is -2.45. The van der Waals surface area contributed by atoms with Gasteiger partial charge in [-0.1, -0.05) is 11.6 Å². The Labute approximate surface area is 168 Å². The van der Waals surface area contributed by atoms with Crippen LogP contribution in [0.2, 0.25) is 0 Å². The minimum absolute atomic E-state index is 0.201. The van der Waals surface area contributed by atoms with Gasteiger partial charge >= 0.3 is 0 Å². The van der Waals surface area contributed by atoms with Gasteiger partial charge in [-0.05, 0) is 43.7 Å². The Morgan fingerprint density at radius 1 is 1.24 bits per heavy atom. The Morgan fingerprint density at radius 3 is 2.79 bits per heavy atom. The highest BCUT2D eigenvalue weighted by Gasteiger charge is 2.38. The van der Waals surface area contributed by atoms with Crippen molar-refractivity contribution in [3.05, 3.63) is 59.9 Å². The quantitative estimate of drug-likeness (QED) is 0.712. The highest BCUT2D eigenvalue weighted by molar-refractivity contribution is 6.08. The monoisotopic (exact) mass is 389 g/mol. The number of pyridine rings is 2. The molecule has 0 aliphatic carbocycles. The summed E-state index contributed by atoms with van der Waals surface area (Å²) >= 11 is 0. The molecule has 1 aromatic carbocycles. The number of hydrogen-bond donors (Lipinski definition) is 2. The molecular formula is C22H23N5O2. The molecule has 29 heavy (non-hydrogen) atoms. The largest absolute Gasteiger partial charge is 0.357 e. The molecule has 2 aromatic heterocycles. The van der Waals surface area contributed by atoms with Gasteiger partial charge in [0.15, 0.2) is 0 Å². The van der Waals surface area contributed by atoms with Gasteiger partial charge in [0, 0.05) is 43.0 Å². The summed E-state index contributed by atoms with van der Waals surface area (Å²) in [6, 6.07) is 10.6. The molecule has 0 bridgehead atoms. The smallest absolute Gasteiger partial charge is 0.255 e. The maximum Gasteiger partial charge on any atom is 0.255 e. The number of fused-ring (bicyclic) bond motifs is 1. The molecule has 7 heteroatoms. The second kappa shape index (κ2) is 7.60. The summed E-state index contributed by atoms with van der Waals surface area (Å²) in [7, 11) is 1.57. The molecule has 148 valence electrons. The minimum atomic E-state index is -0.572. The number of aromatic nitrogens is 2. The second-order valence-corrected chi connectivity index (χ2v) is 7.40. The zero-order chi connectivity index (χ0) is 20.5. The number of hydrogen-bond acceptors (Lipinski definition) is 5. The third-order valence-electron chi connectivity index (χ3n) is 5.30. The lowest BCUT2D eigenvalue weighted by atomic mass is 10.0. The number of nitrogens with zero attached hydrogens (tertiary/aromatic N) is 3. The van der Waals surface area contributed by atoms with Crippen LogP contribution in [0.4, 0.5) is 0 Å². The van der Waals surface area contributed by atoms with E-state index in [0.29, 0.717) is 24.2 Å². The molecule has 3 aromatic rings. The van der Waals surface area contributed by atoms with Gasteiger partial charge in [-0.3, -0.25) is 14.6 Å². The molecule has 0 radical (unpaired) electrons. The van der Waals surface area contributed by atoms with Crippen molar-refractivity contribution < 1.29 is 9.59 Å². The van der Waals surface area contributed by atoms with E-state index < -0.39 is 6.04 Å². The third-order valence-corrected chi connectivity index (χ3v) is 5.30. The van der Waals surface area contributed by atoms with Gasteiger partial charge in [0.2, 0.25) is 5.91 Å². The molecule has 1 aliphatic rings. The van der Waals surface area contributed by atoms with Gasteiger partial charge in [0.05, 0.1) is 16.8 Å². The zero-order valence-electron chi connectivity index (χ0n) is 16.4. The first kappa shape index (κ1) is 19.0. The summed E-state index contributed by atoms with van der Waals surface area (Å²) in [5.41, 5.74) is 9.84. The molecule has 4 rings (SSSR count). The number of carbonyl (C=O) groups is 2. The number of amides is 2. The van der Waals surface area contributed by atoms with Crippen molar-refractivity contribution in [2.45, 2.75) is 25.4 Å². The molecule has 3 heterocycles. The summed E-state index contributed by atoms with van der Waals surface area (Å²) in [6.45, 7) is 2.32. The van der Waals surface area contributed by atoms with Crippen molar-refractivity contribution >= 4 is 22.7 Å². The van der Waals surface area contributed by atoms with E-state index in [0.717, 1.165) is 22.0 Å². The van der Waals surface area contributed by atoms with E-state index in [1.165, 1.54) is 0 Å². The van der Waals surface area contributed by atoms with Crippen LogP contribution in [0.15, 0.2) is 48.8 Å². The Kier molecular flexibility index (Phi) is 4.98. The lowest BCUT2D eigenvalue weighted by molar-refractivity contribution is -0.124. The van der Waals surface area contributed by atoms with E-state index in [4.69, 9.17) is 10.7 Å². The van der Waals surface area contributed by atoms with Gasteiger partial charge in [0.25, 0.3) is 5.91 Å². The highest BCUT2D eigenvalue weighted by atomic mass is 16.2. The first-order valence-electron chi connectivity index (χ1n) is 9.58. The van der Waals surface area contributed by atoms with Crippen molar-refractivity contribution in [1.29, 1.82) is 0 Å². The van der Waals surface area contributed by atoms with Gasteiger partial charge in [-0.15, -0.1) is 0 Å². The first-order valence-corrected chi connectivity index (χ1v) is 9.58. The summed E-state index contributed by atoms with van der Waals surface area (Å²) in [6.07, 6.45) is 3.86. The summed E-state index contributed by atoms with van der Waals surface area (Å²) in [4.78, 5) is 36.4. The first-order chi connectivity index (χ1) is 14.0. The maximum atomic E-state index is 13.6. The van der Waals surface area contributed by atoms with E-state index in [1.807, 2.05) is 37.3 Å². The number of likely N-dealkylation sites (tertiary alicyclic amines) is 1. The molecule has 1 aliphatic heterocycles. The van der Waals surface area contributed by atoms with Crippen molar-refractivity contribution in [3.63, 3.8) is 0 Å². The van der Waals surface area contributed by atoms with Crippen molar-refractivity contribution in [1.82, 2.24) is 20.2 Å².